The first kappa shape index (κ1) is 39.7. The molecule has 7 aliphatic rings. The Bertz CT molecular complexity index is 1330. The topological polar surface area (TPSA) is 124 Å². The summed E-state index contributed by atoms with van der Waals surface area (Å²) < 4.78 is 56.2. The predicted molar refractivity (Wildman–Crippen MR) is 194 cm³/mol. The van der Waals surface area contributed by atoms with Crippen LogP contribution in [0.3, 0.4) is 0 Å². The van der Waals surface area contributed by atoms with Crippen molar-refractivity contribution in [1.29, 1.82) is 0 Å². The van der Waals surface area contributed by atoms with E-state index in [4.69, 9.17) is 42.6 Å². The number of hydrogen-bond donors (Lipinski definition) is 0. The first-order chi connectivity index (χ1) is 25.5. The number of methoxy groups -OCH3 is 3. The van der Waals surface area contributed by atoms with E-state index in [-0.39, 0.29) is 109 Å². The van der Waals surface area contributed by atoms with Gasteiger partial charge in [-0.1, -0.05) is 19.9 Å². The molecule has 3 aliphatic carbocycles. The molecule has 2 saturated carbocycles. The second-order valence-corrected chi connectivity index (χ2v) is 17.2. The van der Waals surface area contributed by atoms with Crippen LogP contribution in [0.2, 0.25) is 0 Å². The van der Waals surface area contributed by atoms with Gasteiger partial charge in [0.1, 0.15) is 24.4 Å². The van der Waals surface area contributed by atoms with Crippen LogP contribution >= 0.6 is 0 Å². The molecule has 12 nitrogen and oxygen atoms in total. The number of nitrogens with zero attached hydrogens (tertiary/aromatic N) is 1. The number of allylic oxidation sites excluding steroid dienone is 2. The van der Waals surface area contributed by atoms with Crippen LogP contribution in [0.15, 0.2) is 11.6 Å². The summed E-state index contributed by atoms with van der Waals surface area (Å²) in [5.74, 6) is -0.0628. The van der Waals surface area contributed by atoms with Crippen LogP contribution in [-0.4, -0.2) is 132 Å². The molecule has 4 saturated heterocycles. The second-order valence-electron chi connectivity index (χ2n) is 17.2. The van der Waals surface area contributed by atoms with E-state index >= 15 is 0 Å². The Morgan fingerprint density at radius 1 is 0.811 bits per heavy atom. The molecule has 0 N–H and O–H groups in total. The highest BCUT2D eigenvalue weighted by molar-refractivity contribution is 5.99. The minimum Gasteiger partial charge on any atom is -0.462 e. The van der Waals surface area contributed by atoms with E-state index in [0.29, 0.717) is 18.4 Å². The number of fused-ring (bicyclic) bond motifs is 8. The summed E-state index contributed by atoms with van der Waals surface area (Å²) in [5.41, 5.74) is 0.758. The van der Waals surface area contributed by atoms with Gasteiger partial charge in [0.2, 0.25) is 0 Å². The molecule has 0 radical (unpaired) electrons. The van der Waals surface area contributed by atoms with Gasteiger partial charge in [-0.3, -0.25) is 9.59 Å². The molecule has 300 valence electrons. The summed E-state index contributed by atoms with van der Waals surface area (Å²) in [5, 5.41) is 0. The third-order valence-corrected chi connectivity index (χ3v) is 14.0. The first-order valence-corrected chi connectivity index (χ1v) is 20.4. The van der Waals surface area contributed by atoms with Gasteiger partial charge in [0, 0.05) is 45.1 Å². The number of Topliss-reactive ketones (excluding diaryl/α,β-unsaturated/α-hetero) is 1. The number of rotatable bonds is 9. The molecule has 12 heteroatoms. The second kappa shape index (κ2) is 16.5. The Morgan fingerprint density at radius 2 is 1.55 bits per heavy atom. The predicted octanol–water partition coefficient (Wildman–Crippen LogP) is 4.70. The Balaban J connectivity index is 1.11. The number of carbonyl (C=O) groups is 2. The van der Waals surface area contributed by atoms with E-state index in [2.05, 4.69) is 38.9 Å². The lowest BCUT2D eigenvalue weighted by Crippen LogP contribution is -2.59. The third kappa shape index (κ3) is 7.80. The molecule has 7 rings (SSSR count). The molecule has 19 atom stereocenters. The normalized spacial score (nSPS) is 48.8. The van der Waals surface area contributed by atoms with Crippen molar-refractivity contribution >= 4 is 11.8 Å². The van der Waals surface area contributed by atoms with Crippen LogP contribution in [0.25, 0.3) is 0 Å². The molecule has 5 unspecified atom stereocenters. The average molecular weight is 748 g/mol. The maximum absolute atomic E-state index is 14.8. The lowest BCUT2D eigenvalue weighted by Gasteiger charge is -2.44. The number of cyclic esters (lactones) is 1. The van der Waals surface area contributed by atoms with Crippen LogP contribution in [0, 0.1) is 35.5 Å². The van der Waals surface area contributed by atoms with E-state index in [1.165, 1.54) is 0 Å². The van der Waals surface area contributed by atoms with Gasteiger partial charge in [-0.05, 0) is 103 Å². The van der Waals surface area contributed by atoms with Crippen molar-refractivity contribution in [2.45, 2.75) is 165 Å². The molecule has 53 heavy (non-hydrogen) atoms. The molecule has 0 bridgehead atoms. The third-order valence-electron chi connectivity index (χ3n) is 14.0. The van der Waals surface area contributed by atoms with E-state index in [1.807, 2.05) is 13.8 Å². The van der Waals surface area contributed by atoms with Crippen molar-refractivity contribution < 1.29 is 52.2 Å². The number of ether oxygens (including phenoxy) is 9. The molecule has 4 heterocycles. The van der Waals surface area contributed by atoms with Gasteiger partial charge in [-0.25, -0.2) is 0 Å². The number of likely N-dealkylation sites (N-methyl/N-ethyl adjacent to an activating group) is 1. The van der Waals surface area contributed by atoms with Crippen molar-refractivity contribution in [2.24, 2.45) is 35.5 Å². The zero-order chi connectivity index (χ0) is 37.7. The lowest BCUT2D eigenvalue weighted by atomic mass is 9.66. The van der Waals surface area contributed by atoms with Gasteiger partial charge in [-0.15, -0.1) is 0 Å². The van der Waals surface area contributed by atoms with E-state index in [9.17, 15) is 9.59 Å². The summed E-state index contributed by atoms with van der Waals surface area (Å²) in [6, 6.07) is 0.335. The Hall–Kier alpha value is -1.48. The number of hydrogen-bond acceptors (Lipinski definition) is 12. The number of ketones is 1. The summed E-state index contributed by atoms with van der Waals surface area (Å²) in [6.45, 7) is 8.17. The highest BCUT2D eigenvalue weighted by Crippen LogP contribution is 2.63. The zero-order valence-electron chi connectivity index (χ0n) is 33.3. The fourth-order valence-electron chi connectivity index (χ4n) is 11.3. The number of carbonyl (C=O) groups excluding carboxylic acids is 2. The SMILES string of the molecule is CC[C@H]1CCC[C@H](OC2CC[C@H](N(C)C)C(C)O2)[C@@H](C)C(=O)C2=C[C@H]3[C@@H]4C[C@H](O[C@@H]5OC(C)[C@H](OC)C(OC)C5OC)C[C@H]4[C@H]4O[C@H]4[C@H]3[C@@H]2CC(=O)O1. The van der Waals surface area contributed by atoms with Crippen LogP contribution < -0.4 is 0 Å². The molecule has 0 aromatic heterocycles. The minimum absolute atomic E-state index is 0.0105. The van der Waals surface area contributed by atoms with Crippen molar-refractivity contribution in [2.75, 3.05) is 35.4 Å². The van der Waals surface area contributed by atoms with Gasteiger partial charge >= 0.3 is 5.97 Å². The van der Waals surface area contributed by atoms with E-state index in [1.54, 1.807) is 21.3 Å². The van der Waals surface area contributed by atoms with Gasteiger partial charge in [0.15, 0.2) is 18.4 Å². The van der Waals surface area contributed by atoms with Gasteiger partial charge < -0.3 is 47.5 Å². The fourth-order valence-corrected chi connectivity index (χ4v) is 11.3. The fraction of sp³-hybridized carbons (Fsp3) is 0.902. The quantitative estimate of drug-likeness (QED) is 0.240. The molecular weight excluding hydrogens is 682 g/mol. The Labute approximate surface area is 316 Å². The van der Waals surface area contributed by atoms with Gasteiger partial charge in [0.05, 0.1) is 43.0 Å². The molecule has 0 spiro atoms. The highest BCUT2D eigenvalue weighted by atomic mass is 16.7. The first-order valence-electron chi connectivity index (χ1n) is 20.4. The van der Waals surface area contributed by atoms with E-state index < -0.39 is 12.4 Å². The zero-order valence-corrected chi connectivity index (χ0v) is 33.3. The summed E-state index contributed by atoms with van der Waals surface area (Å²) >= 11 is 0. The van der Waals surface area contributed by atoms with Gasteiger partial charge in [-0.2, -0.15) is 0 Å². The molecule has 6 fully saturated rings. The van der Waals surface area contributed by atoms with Crippen LogP contribution in [-0.2, 0) is 52.2 Å². The summed E-state index contributed by atoms with van der Waals surface area (Å²) in [6.07, 6.45) is 6.20. The standard InChI is InChI=1S/C41H65NO11/c1-10-23-12-11-13-31(52-33-15-14-30(42(5)6)21(3)48-33)20(2)35(44)28-18-26-25-16-24(51-41-40(47-9)39(46-8)36(45-7)22(4)49-41)17-29(25)37-38(53-37)34(26)27(28)19-32(43)50-23/h18,20-27,29-31,33-34,36-41H,10-17,19H2,1-9H3/t20-,21?,22?,23+,24+,25+,26+,27-,29-,30+,31+,33?,34-,36+,37-,38+,39?,40?,41+/m1/s1. The average Bonchev–Trinajstić information content (AvgIpc) is 3.67. The Kier molecular flexibility index (Phi) is 12.4. The molecular formula is C41H65NO11. The maximum Gasteiger partial charge on any atom is 0.306 e. The summed E-state index contributed by atoms with van der Waals surface area (Å²) in [7, 11) is 9.15. The van der Waals surface area contributed by atoms with Crippen LogP contribution in [0.1, 0.15) is 85.5 Å². The molecule has 0 aromatic rings. The largest absolute Gasteiger partial charge is 0.462 e. The number of esters is 1. The lowest BCUT2D eigenvalue weighted by molar-refractivity contribution is -0.314. The summed E-state index contributed by atoms with van der Waals surface area (Å²) in [4.78, 5) is 30.6. The van der Waals surface area contributed by atoms with Crippen molar-refractivity contribution in [1.82, 2.24) is 4.90 Å². The highest BCUT2D eigenvalue weighted by Gasteiger charge is 2.66. The molecule has 0 amide bonds. The molecule has 4 aliphatic heterocycles. The van der Waals surface area contributed by atoms with Crippen molar-refractivity contribution in [3.05, 3.63) is 11.6 Å². The van der Waals surface area contributed by atoms with Crippen LogP contribution in [0.5, 0.6) is 0 Å². The minimum atomic E-state index is -0.606. The Morgan fingerprint density at radius 3 is 2.23 bits per heavy atom. The van der Waals surface area contributed by atoms with Crippen molar-refractivity contribution in [3.8, 4) is 0 Å². The monoisotopic (exact) mass is 747 g/mol. The number of epoxide rings is 1. The molecule has 0 aromatic carbocycles. The van der Waals surface area contributed by atoms with Gasteiger partial charge in [0.25, 0.3) is 0 Å². The van der Waals surface area contributed by atoms with Crippen LogP contribution in [0.4, 0.5) is 0 Å². The smallest absolute Gasteiger partial charge is 0.306 e. The van der Waals surface area contributed by atoms with E-state index in [0.717, 1.165) is 50.5 Å². The maximum atomic E-state index is 14.8. The van der Waals surface area contributed by atoms with Crippen molar-refractivity contribution in [3.63, 3.8) is 0 Å².